The highest BCUT2D eigenvalue weighted by atomic mass is 16.5. The zero-order chi connectivity index (χ0) is 15.0. The number of aromatic nitrogens is 4. The van der Waals surface area contributed by atoms with Crippen molar-refractivity contribution in [3.05, 3.63) is 56.7 Å². The summed E-state index contributed by atoms with van der Waals surface area (Å²) in [5, 5.41) is 12.6. The van der Waals surface area contributed by atoms with Crippen molar-refractivity contribution in [2.75, 3.05) is 0 Å². The highest BCUT2D eigenvalue weighted by molar-refractivity contribution is 5.92. The molecular formula is C12H8N4O5. The second kappa shape index (κ2) is 4.71. The molecule has 2 N–H and O–H groups in total. The molecule has 0 spiro atoms. The fourth-order valence-electron chi connectivity index (χ4n) is 1.96. The average molecular weight is 288 g/mol. The van der Waals surface area contributed by atoms with Gasteiger partial charge in [0.2, 0.25) is 6.39 Å². The summed E-state index contributed by atoms with van der Waals surface area (Å²) < 4.78 is 5.68. The Bertz CT molecular complexity index is 938. The first-order valence-corrected chi connectivity index (χ1v) is 5.81. The summed E-state index contributed by atoms with van der Waals surface area (Å²) in [6.07, 6.45) is 1.10. The van der Waals surface area contributed by atoms with Gasteiger partial charge < -0.3 is 14.6 Å². The van der Waals surface area contributed by atoms with Gasteiger partial charge in [0.25, 0.3) is 0 Å². The van der Waals surface area contributed by atoms with Crippen LogP contribution in [0.25, 0.3) is 11.0 Å². The zero-order valence-corrected chi connectivity index (χ0v) is 10.4. The number of hydrogen-bond acceptors (Lipinski definition) is 6. The van der Waals surface area contributed by atoms with E-state index in [-0.39, 0.29) is 23.4 Å². The van der Waals surface area contributed by atoms with Crippen molar-refractivity contribution >= 4 is 17.0 Å². The van der Waals surface area contributed by atoms with Gasteiger partial charge in [-0.2, -0.15) is 4.98 Å². The van der Waals surface area contributed by atoms with Gasteiger partial charge in [-0.25, -0.2) is 4.79 Å². The second-order valence-corrected chi connectivity index (χ2v) is 4.23. The number of nitrogens with one attached hydrogen (secondary N) is 1. The summed E-state index contributed by atoms with van der Waals surface area (Å²) >= 11 is 0. The van der Waals surface area contributed by atoms with E-state index in [0.717, 1.165) is 11.0 Å². The quantitative estimate of drug-likeness (QED) is 0.639. The molecule has 3 rings (SSSR count). The van der Waals surface area contributed by atoms with Gasteiger partial charge in [0.05, 0.1) is 23.1 Å². The number of fused-ring (bicyclic) bond motifs is 1. The van der Waals surface area contributed by atoms with Crippen LogP contribution < -0.4 is 11.1 Å². The van der Waals surface area contributed by atoms with Crippen molar-refractivity contribution < 1.29 is 14.4 Å². The zero-order valence-electron chi connectivity index (χ0n) is 10.4. The van der Waals surface area contributed by atoms with Crippen LogP contribution in [0, 0.1) is 0 Å². The van der Waals surface area contributed by atoms with Crippen LogP contribution in [0.15, 0.2) is 38.7 Å². The summed E-state index contributed by atoms with van der Waals surface area (Å²) in [4.78, 5) is 40.8. The van der Waals surface area contributed by atoms with Crippen molar-refractivity contribution in [1.29, 1.82) is 0 Å². The van der Waals surface area contributed by atoms with E-state index < -0.39 is 17.1 Å². The molecular weight excluding hydrogens is 280 g/mol. The standard InChI is InChI=1S/C12H8N4O5/c17-10-11(18)16(4-9-13-5-21-15-9)8-3-6(12(19)20)1-2-7(8)14-10/h1-3,5H,4H2,(H,14,17)(H,19,20). The maximum absolute atomic E-state index is 12.0. The van der Waals surface area contributed by atoms with Gasteiger partial charge in [0.1, 0.15) is 0 Å². The number of benzene rings is 1. The lowest BCUT2D eigenvalue weighted by Crippen LogP contribution is -2.36. The third-order valence-electron chi connectivity index (χ3n) is 2.93. The Hall–Kier alpha value is -3.23. The lowest BCUT2D eigenvalue weighted by atomic mass is 10.2. The Balaban J connectivity index is 2.30. The summed E-state index contributed by atoms with van der Waals surface area (Å²) in [6, 6.07) is 4.06. The lowest BCUT2D eigenvalue weighted by Gasteiger charge is -2.08. The highest BCUT2D eigenvalue weighted by Crippen LogP contribution is 2.12. The Morgan fingerprint density at radius 3 is 2.86 bits per heavy atom. The van der Waals surface area contributed by atoms with E-state index in [0.29, 0.717) is 5.52 Å². The number of carbonyl (C=O) groups is 1. The number of aromatic carboxylic acids is 1. The van der Waals surface area contributed by atoms with Gasteiger partial charge in [0.15, 0.2) is 5.82 Å². The summed E-state index contributed by atoms with van der Waals surface area (Å²) in [5.74, 6) is -0.939. The molecule has 21 heavy (non-hydrogen) atoms. The molecule has 0 aliphatic carbocycles. The molecule has 0 aliphatic rings. The molecule has 0 radical (unpaired) electrons. The summed E-state index contributed by atoms with van der Waals surface area (Å²) in [6.45, 7) is -0.0984. The number of rotatable bonds is 3. The fraction of sp³-hybridized carbons (Fsp3) is 0.0833. The van der Waals surface area contributed by atoms with Crippen molar-refractivity contribution in [1.82, 2.24) is 19.7 Å². The van der Waals surface area contributed by atoms with E-state index >= 15 is 0 Å². The lowest BCUT2D eigenvalue weighted by molar-refractivity contribution is 0.0697. The Kier molecular flexibility index (Phi) is 2.87. The smallest absolute Gasteiger partial charge is 0.335 e. The van der Waals surface area contributed by atoms with Crippen molar-refractivity contribution in [3.8, 4) is 0 Å². The van der Waals surface area contributed by atoms with Crippen LogP contribution in [0.2, 0.25) is 0 Å². The predicted octanol–water partition coefficient (Wildman–Crippen LogP) is -0.181. The second-order valence-electron chi connectivity index (χ2n) is 4.23. The van der Waals surface area contributed by atoms with E-state index in [9.17, 15) is 14.4 Å². The summed E-state index contributed by atoms with van der Waals surface area (Å²) in [5.41, 5.74) is -1.03. The average Bonchev–Trinajstić information content (AvgIpc) is 2.96. The normalized spacial score (nSPS) is 10.9. The van der Waals surface area contributed by atoms with Crippen molar-refractivity contribution in [3.63, 3.8) is 0 Å². The Morgan fingerprint density at radius 2 is 2.19 bits per heavy atom. The van der Waals surface area contributed by atoms with Gasteiger partial charge in [-0.15, -0.1) is 0 Å². The molecule has 0 aliphatic heterocycles. The molecule has 0 fully saturated rings. The molecule has 0 saturated carbocycles. The first-order valence-electron chi connectivity index (χ1n) is 5.81. The topological polar surface area (TPSA) is 131 Å². The highest BCUT2D eigenvalue weighted by Gasteiger charge is 2.12. The third kappa shape index (κ3) is 2.20. The van der Waals surface area contributed by atoms with E-state index in [2.05, 4.69) is 19.6 Å². The van der Waals surface area contributed by atoms with Gasteiger partial charge in [0, 0.05) is 0 Å². The first kappa shape index (κ1) is 12.8. The number of carboxylic acid groups (broad SMARTS) is 1. The van der Waals surface area contributed by atoms with Gasteiger partial charge in [-0.05, 0) is 18.2 Å². The molecule has 9 heteroatoms. The molecule has 1 aromatic carbocycles. The maximum atomic E-state index is 12.0. The number of hydrogen-bond donors (Lipinski definition) is 2. The Labute approximate surface area is 115 Å². The van der Waals surface area contributed by atoms with Crippen LogP contribution in [0.4, 0.5) is 0 Å². The van der Waals surface area contributed by atoms with Crippen LogP contribution in [-0.4, -0.2) is 30.8 Å². The molecule has 2 aromatic heterocycles. The Morgan fingerprint density at radius 1 is 1.38 bits per heavy atom. The number of aromatic amines is 1. The third-order valence-corrected chi connectivity index (χ3v) is 2.93. The largest absolute Gasteiger partial charge is 0.478 e. The fourth-order valence-corrected chi connectivity index (χ4v) is 1.96. The maximum Gasteiger partial charge on any atom is 0.335 e. The molecule has 2 heterocycles. The molecule has 0 amide bonds. The molecule has 0 saturated heterocycles. The molecule has 0 atom stereocenters. The molecule has 106 valence electrons. The minimum Gasteiger partial charge on any atom is -0.478 e. The van der Waals surface area contributed by atoms with E-state index in [1.807, 2.05) is 0 Å². The first-order chi connectivity index (χ1) is 10.1. The monoisotopic (exact) mass is 288 g/mol. The molecule has 3 aromatic rings. The van der Waals surface area contributed by atoms with Crippen LogP contribution in [0.1, 0.15) is 16.2 Å². The van der Waals surface area contributed by atoms with Crippen molar-refractivity contribution in [2.24, 2.45) is 0 Å². The number of carboxylic acids is 1. The molecule has 9 nitrogen and oxygen atoms in total. The van der Waals surface area contributed by atoms with Crippen LogP contribution in [0.5, 0.6) is 0 Å². The van der Waals surface area contributed by atoms with Crippen molar-refractivity contribution in [2.45, 2.75) is 6.54 Å². The van der Waals surface area contributed by atoms with Gasteiger partial charge in [-0.3, -0.25) is 14.2 Å². The van der Waals surface area contributed by atoms with Gasteiger partial charge in [-0.1, -0.05) is 5.16 Å². The molecule has 0 bridgehead atoms. The minimum atomic E-state index is -1.14. The SMILES string of the molecule is O=C(O)c1ccc2[nH]c(=O)c(=O)n(Cc3ncon3)c2c1. The predicted molar refractivity (Wildman–Crippen MR) is 69.2 cm³/mol. The molecule has 0 unspecified atom stereocenters. The minimum absolute atomic E-state index is 0.00388. The summed E-state index contributed by atoms with van der Waals surface area (Å²) in [7, 11) is 0. The van der Waals surface area contributed by atoms with E-state index in [1.54, 1.807) is 0 Å². The van der Waals surface area contributed by atoms with Crippen LogP contribution in [-0.2, 0) is 6.54 Å². The van der Waals surface area contributed by atoms with E-state index in [4.69, 9.17) is 5.11 Å². The number of H-pyrrole nitrogens is 1. The number of nitrogens with zero attached hydrogens (tertiary/aromatic N) is 3. The van der Waals surface area contributed by atoms with Crippen LogP contribution >= 0.6 is 0 Å². The van der Waals surface area contributed by atoms with Gasteiger partial charge >= 0.3 is 17.1 Å². The van der Waals surface area contributed by atoms with E-state index in [1.165, 1.54) is 18.2 Å². The van der Waals surface area contributed by atoms with Crippen LogP contribution in [0.3, 0.4) is 0 Å².